The van der Waals surface area contributed by atoms with E-state index in [0.717, 1.165) is 11.8 Å². The molecule has 3 rings (SSSR count). The smallest absolute Gasteiger partial charge is 0.264 e. The molecule has 0 spiro atoms. The van der Waals surface area contributed by atoms with Gasteiger partial charge in [0.05, 0.1) is 18.1 Å². The number of hydrogen-bond acceptors (Lipinski definition) is 7. The van der Waals surface area contributed by atoms with Gasteiger partial charge in [0.2, 0.25) is 0 Å². The van der Waals surface area contributed by atoms with Gasteiger partial charge in [-0.2, -0.15) is 8.42 Å². The molecule has 1 fully saturated rings. The molecular formula is C16H19N3O4S. The van der Waals surface area contributed by atoms with Gasteiger partial charge in [-0.15, -0.1) is 0 Å². The molecular weight excluding hydrogens is 330 g/mol. The molecule has 0 atom stereocenters. The molecule has 1 saturated carbocycles. The summed E-state index contributed by atoms with van der Waals surface area (Å²) in [6, 6.07) is 5.34. The average Bonchev–Trinajstić information content (AvgIpc) is 2.57. The quantitative estimate of drug-likeness (QED) is 0.837. The van der Waals surface area contributed by atoms with Crippen molar-refractivity contribution in [3.63, 3.8) is 0 Å². The summed E-state index contributed by atoms with van der Waals surface area (Å²) in [6.07, 6.45) is 7.37. The van der Waals surface area contributed by atoms with Gasteiger partial charge in [-0.1, -0.05) is 0 Å². The Balaban J connectivity index is 1.71. The molecule has 24 heavy (non-hydrogen) atoms. The second-order valence-electron chi connectivity index (χ2n) is 6.04. The molecule has 2 aromatic rings. The number of nitrogens with zero attached hydrogens (tertiary/aromatic N) is 3. The van der Waals surface area contributed by atoms with Crippen LogP contribution in [-0.2, 0) is 19.9 Å². The lowest BCUT2D eigenvalue weighted by Gasteiger charge is -2.35. The highest BCUT2D eigenvalue weighted by molar-refractivity contribution is 7.86. The zero-order chi connectivity index (χ0) is 17.2. The Hall–Kier alpha value is -1.90. The molecule has 128 valence electrons. The van der Waals surface area contributed by atoms with Crippen LogP contribution in [0.4, 0.5) is 0 Å². The van der Waals surface area contributed by atoms with E-state index in [2.05, 4.69) is 15.0 Å². The fourth-order valence-electron chi connectivity index (χ4n) is 2.92. The van der Waals surface area contributed by atoms with Crippen molar-refractivity contribution in [3.8, 4) is 11.4 Å². The van der Waals surface area contributed by atoms with Gasteiger partial charge in [0.15, 0.2) is 5.82 Å². The Labute approximate surface area is 140 Å². The first kappa shape index (κ1) is 16.9. The normalized spacial score (nSPS) is 24.7. The number of aromatic nitrogens is 3. The van der Waals surface area contributed by atoms with Gasteiger partial charge < -0.3 is 5.11 Å². The van der Waals surface area contributed by atoms with Gasteiger partial charge in [-0.25, -0.2) is 9.97 Å². The van der Waals surface area contributed by atoms with E-state index in [4.69, 9.17) is 4.18 Å². The van der Waals surface area contributed by atoms with Crippen LogP contribution in [0.2, 0.25) is 0 Å². The molecule has 2 heterocycles. The Morgan fingerprint density at radius 3 is 2.38 bits per heavy atom. The van der Waals surface area contributed by atoms with Gasteiger partial charge in [-0.05, 0) is 43.9 Å². The maximum Gasteiger partial charge on any atom is 0.264 e. The number of rotatable bonds is 4. The van der Waals surface area contributed by atoms with Crippen LogP contribution >= 0.6 is 0 Å². The molecule has 0 aromatic carbocycles. The van der Waals surface area contributed by atoms with E-state index in [1.807, 2.05) is 6.07 Å². The summed E-state index contributed by atoms with van der Waals surface area (Å²) >= 11 is 0. The summed E-state index contributed by atoms with van der Waals surface area (Å²) in [5.74, 6) is 0.578. The van der Waals surface area contributed by atoms with E-state index in [9.17, 15) is 13.5 Å². The van der Waals surface area contributed by atoms with Crippen LogP contribution < -0.4 is 0 Å². The summed E-state index contributed by atoms with van der Waals surface area (Å²) in [7, 11) is -3.47. The zero-order valence-electron chi connectivity index (χ0n) is 13.3. The van der Waals surface area contributed by atoms with Crippen molar-refractivity contribution in [3.05, 3.63) is 42.5 Å². The Bertz CT molecular complexity index is 786. The van der Waals surface area contributed by atoms with E-state index in [0.29, 0.717) is 37.2 Å². The summed E-state index contributed by atoms with van der Waals surface area (Å²) in [6.45, 7) is 0. The number of hydrogen-bond donors (Lipinski definition) is 1. The van der Waals surface area contributed by atoms with E-state index < -0.39 is 15.7 Å². The lowest BCUT2D eigenvalue weighted by atomic mass is 9.81. The minimum atomic E-state index is -3.47. The monoisotopic (exact) mass is 349 g/mol. The van der Waals surface area contributed by atoms with E-state index in [-0.39, 0.29) is 6.10 Å². The van der Waals surface area contributed by atoms with Crippen LogP contribution in [0.25, 0.3) is 11.4 Å². The first-order valence-corrected chi connectivity index (χ1v) is 9.52. The van der Waals surface area contributed by atoms with Crippen LogP contribution in [0.1, 0.15) is 31.4 Å². The highest BCUT2D eigenvalue weighted by Gasteiger charge is 2.37. The molecule has 0 saturated heterocycles. The van der Waals surface area contributed by atoms with Crippen LogP contribution in [0.15, 0.2) is 36.8 Å². The van der Waals surface area contributed by atoms with Crippen molar-refractivity contribution >= 4 is 10.1 Å². The number of pyridine rings is 1. The molecule has 0 radical (unpaired) electrons. The Morgan fingerprint density at radius 1 is 1.17 bits per heavy atom. The SMILES string of the molecule is CS(=O)(=O)OC1CCC(O)(c2ccc(-c3ncccn3)cn2)CC1. The first-order valence-electron chi connectivity index (χ1n) is 7.70. The summed E-state index contributed by atoms with van der Waals surface area (Å²) in [5, 5.41) is 10.8. The van der Waals surface area contributed by atoms with Gasteiger partial charge in [0, 0.05) is 24.2 Å². The molecule has 1 aliphatic rings. The van der Waals surface area contributed by atoms with Crippen molar-refractivity contribution in [2.75, 3.05) is 6.26 Å². The molecule has 0 amide bonds. The van der Waals surface area contributed by atoms with Crippen molar-refractivity contribution in [1.82, 2.24) is 15.0 Å². The van der Waals surface area contributed by atoms with Crippen LogP contribution in [0, 0.1) is 0 Å². The van der Waals surface area contributed by atoms with Gasteiger partial charge >= 0.3 is 0 Å². The lowest BCUT2D eigenvalue weighted by molar-refractivity contribution is -0.0322. The standard InChI is InChI=1S/C16H19N3O4S/c1-24(21,22)23-13-5-7-16(20,8-6-13)14-4-3-12(11-19-14)15-17-9-2-10-18-15/h2-4,9-11,13,20H,5-8H2,1H3. The van der Waals surface area contributed by atoms with Crippen molar-refractivity contribution < 1.29 is 17.7 Å². The van der Waals surface area contributed by atoms with E-state index >= 15 is 0 Å². The lowest BCUT2D eigenvalue weighted by Crippen LogP contribution is -2.35. The summed E-state index contributed by atoms with van der Waals surface area (Å²) in [4.78, 5) is 12.7. The van der Waals surface area contributed by atoms with Gasteiger partial charge in [0.1, 0.15) is 5.60 Å². The second kappa shape index (κ2) is 6.54. The third-order valence-corrected chi connectivity index (χ3v) is 4.76. The van der Waals surface area contributed by atoms with E-state index in [1.54, 1.807) is 30.7 Å². The van der Waals surface area contributed by atoms with Crippen LogP contribution in [0.3, 0.4) is 0 Å². The molecule has 0 bridgehead atoms. The Morgan fingerprint density at radius 2 is 1.83 bits per heavy atom. The van der Waals surface area contributed by atoms with Gasteiger partial charge in [-0.3, -0.25) is 9.17 Å². The number of aliphatic hydroxyl groups is 1. The van der Waals surface area contributed by atoms with E-state index in [1.165, 1.54) is 0 Å². The molecule has 1 aliphatic carbocycles. The largest absolute Gasteiger partial charge is 0.384 e. The second-order valence-corrected chi connectivity index (χ2v) is 7.64. The van der Waals surface area contributed by atoms with Crippen LogP contribution in [0.5, 0.6) is 0 Å². The maximum absolute atomic E-state index is 11.2. The molecule has 7 nitrogen and oxygen atoms in total. The third-order valence-electron chi connectivity index (χ3n) is 4.13. The topological polar surface area (TPSA) is 102 Å². The maximum atomic E-state index is 11.2. The van der Waals surface area contributed by atoms with Crippen LogP contribution in [-0.4, -0.2) is 40.8 Å². The third kappa shape index (κ3) is 3.95. The van der Waals surface area contributed by atoms with Crippen molar-refractivity contribution in [1.29, 1.82) is 0 Å². The molecule has 1 N–H and O–H groups in total. The van der Waals surface area contributed by atoms with Crippen molar-refractivity contribution in [2.45, 2.75) is 37.4 Å². The first-order chi connectivity index (χ1) is 11.4. The molecule has 0 aliphatic heterocycles. The predicted octanol–water partition coefficient (Wildman–Crippen LogP) is 1.64. The molecule has 8 heteroatoms. The fourth-order valence-corrected chi connectivity index (χ4v) is 3.60. The van der Waals surface area contributed by atoms with Crippen molar-refractivity contribution in [2.24, 2.45) is 0 Å². The Kier molecular flexibility index (Phi) is 4.62. The molecule has 2 aromatic heterocycles. The highest BCUT2D eigenvalue weighted by atomic mass is 32.2. The highest BCUT2D eigenvalue weighted by Crippen LogP contribution is 2.37. The average molecular weight is 349 g/mol. The molecule has 0 unspecified atom stereocenters. The summed E-state index contributed by atoms with van der Waals surface area (Å²) in [5.41, 5.74) is 0.282. The fraction of sp³-hybridized carbons (Fsp3) is 0.438. The minimum absolute atomic E-state index is 0.378. The minimum Gasteiger partial charge on any atom is -0.384 e. The zero-order valence-corrected chi connectivity index (χ0v) is 14.1. The summed E-state index contributed by atoms with van der Waals surface area (Å²) < 4.78 is 27.4. The predicted molar refractivity (Wildman–Crippen MR) is 87.3 cm³/mol. The van der Waals surface area contributed by atoms with Gasteiger partial charge in [0.25, 0.3) is 10.1 Å².